The zero-order valence-corrected chi connectivity index (χ0v) is 15.1. The van der Waals surface area contributed by atoms with Crippen LogP contribution in [0.4, 0.5) is 0 Å². The molecule has 2 aromatic rings. The predicted molar refractivity (Wildman–Crippen MR) is 101 cm³/mol. The van der Waals surface area contributed by atoms with Gasteiger partial charge in [0.25, 0.3) is 0 Å². The Morgan fingerprint density at radius 1 is 0.731 bits per heavy atom. The van der Waals surface area contributed by atoms with Gasteiger partial charge in [0, 0.05) is 0 Å². The number of hydrogen-bond donors (Lipinski definition) is 2. The molecule has 4 heteroatoms. The van der Waals surface area contributed by atoms with Gasteiger partial charge in [0.1, 0.15) is 0 Å². The quantitative estimate of drug-likeness (QED) is 0.677. The zero-order chi connectivity index (χ0) is 19.1. The third-order valence-corrected chi connectivity index (χ3v) is 4.47. The highest BCUT2D eigenvalue weighted by atomic mass is 16.4. The van der Waals surface area contributed by atoms with Crippen LogP contribution in [0, 0.1) is 13.8 Å². The summed E-state index contributed by atoms with van der Waals surface area (Å²) in [5.74, 6) is -3.03. The molecule has 2 aromatic carbocycles. The van der Waals surface area contributed by atoms with Crippen molar-refractivity contribution in [2.45, 2.75) is 38.5 Å². The summed E-state index contributed by atoms with van der Waals surface area (Å²) in [5.41, 5.74) is 3.66. The van der Waals surface area contributed by atoms with Gasteiger partial charge in [0.15, 0.2) is 0 Å². The number of hydrogen-bond acceptors (Lipinski definition) is 2. The molecule has 0 amide bonds. The number of aryl methyl sites for hydroxylation is 2. The zero-order valence-electron chi connectivity index (χ0n) is 15.1. The Bertz CT molecular complexity index is 705. The summed E-state index contributed by atoms with van der Waals surface area (Å²) in [4.78, 5) is 23.1. The van der Waals surface area contributed by atoms with Crippen LogP contribution in [-0.4, -0.2) is 22.2 Å². The molecular weight excluding hydrogens is 328 g/mol. The van der Waals surface area contributed by atoms with E-state index in [4.69, 9.17) is 0 Å². The highest BCUT2D eigenvalue weighted by Crippen LogP contribution is 2.24. The third-order valence-electron chi connectivity index (χ3n) is 4.47. The van der Waals surface area contributed by atoms with E-state index < -0.39 is 23.8 Å². The van der Waals surface area contributed by atoms with E-state index in [0.717, 1.165) is 22.3 Å². The Labute approximate surface area is 153 Å². The number of benzene rings is 2. The van der Waals surface area contributed by atoms with Gasteiger partial charge in [-0.05, 0) is 37.8 Å². The van der Waals surface area contributed by atoms with Gasteiger partial charge in [-0.2, -0.15) is 0 Å². The fourth-order valence-electron chi connectivity index (χ4n) is 2.82. The normalized spacial score (nSPS) is 13.5. The van der Waals surface area contributed by atoms with Crippen LogP contribution in [0.2, 0.25) is 0 Å². The lowest BCUT2D eigenvalue weighted by Crippen LogP contribution is -2.12. The van der Waals surface area contributed by atoms with Crippen molar-refractivity contribution in [3.63, 3.8) is 0 Å². The van der Waals surface area contributed by atoms with Crippen molar-refractivity contribution in [3.8, 4) is 0 Å². The first-order chi connectivity index (χ1) is 12.4. The number of aliphatic carboxylic acids is 2. The van der Waals surface area contributed by atoms with Crippen LogP contribution < -0.4 is 0 Å². The van der Waals surface area contributed by atoms with E-state index in [-0.39, 0.29) is 0 Å². The second kappa shape index (κ2) is 8.99. The van der Waals surface area contributed by atoms with Gasteiger partial charge in [-0.15, -0.1) is 0 Å². The standard InChI is InChI=1S/C22H24O4/c1-15-7-11-17(12-8-15)19(21(23)24)5-3-4-6-20(22(25)26)18-13-9-16(2)10-14-18/h3-4,7-14,19-20H,5-6H2,1-2H3,(H,23,24)(H,25,26)/b4-3+. The van der Waals surface area contributed by atoms with E-state index in [9.17, 15) is 19.8 Å². The maximum Gasteiger partial charge on any atom is 0.311 e. The Balaban J connectivity index is 2.04. The Morgan fingerprint density at radius 2 is 1.04 bits per heavy atom. The van der Waals surface area contributed by atoms with Crippen LogP contribution in [0.3, 0.4) is 0 Å². The highest BCUT2D eigenvalue weighted by Gasteiger charge is 2.20. The van der Waals surface area contributed by atoms with Crippen molar-refractivity contribution < 1.29 is 19.8 Å². The number of allylic oxidation sites excluding steroid dienone is 2. The maximum absolute atomic E-state index is 11.5. The van der Waals surface area contributed by atoms with Crippen molar-refractivity contribution in [2.24, 2.45) is 0 Å². The van der Waals surface area contributed by atoms with Crippen molar-refractivity contribution in [1.29, 1.82) is 0 Å². The lowest BCUT2D eigenvalue weighted by atomic mass is 9.92. The molecule has 0 heterocycles. The first-order valence-electron chi connectivity index (χ1n) is 8.62. The topological polar surface area (TPSA) is 74.6 Å². The Kier molecular flexibility index (Phi) is 6.73. The second-order valence-electron chi connectivity index (χ2n) is 6.55. The van der Waals surface area contributed by atoms with Gasteiger partial charge in [-0.3, -0.25) is 9.59 Å². The SMILES string of the molecule is Cc1ccc(C(C/C=C/CC(C(=O)O)c2ccc(C)cc2)C(=O)O)cc1. The summed E-state index contributed by atoms with van der Waals surface area (Å²) in [6.07, 6.45) is 4.20. The van der Waals surface area contributed by atoms with E-state index in [1.807, 2.05) is 62.4 Å². The van der Waals surface area contributed by atoms with Crippen LogP contribution in [0.25, 0.3) is 0 Å². The summed E-state index contributed by atoms with van der Waals surface area (Å²) in [7, 11) is 0. The molecule has 2 unspecified atom stereocenters. The lowest BCUT2D eigenvalue weighted by Gasteiger charge is -2.12. The van der Waals surface area contributed by atoms with Crippen LogP contribution in [-0.2, 0) is 9.59 Å². The number of rotatable bonds is 8. The third kappa shape index (κ3) is 5.31. The van der Waals surface area contributed by atoms with E-state index in [0.29, 0.717) is 12.8 Å². The fraction of sp³-hybridized carbons (Fsp3) is 0.273. The number of carbonyl (C=O) groups is 2. The minimum Gasteiger partial charge on any atom is -0.481 e. The smallest absolute Gasteiger partial charge is 0.311 e. The van der Waals surface area contributed by atoms with Crippen molar-refractivity contribution in [1.82, 2.24) is 0 Å². The van der Waals surface area contributed by atoms with Crippen LogP contribution in [0.5, 0.6) is 0 Å². The van der Waals surface area contributed by atoms with Gasteiger partial charge >= 0.3 is 11.9 Å². The molecule has 2 rings (SSSR count). The maximum atomic E-state index is 11.5. The minimum absolute atomic E-state index is 0.332. The van der Waals surface area contributed by atoms with E-state index in [1.54, 1.807) is 12.2 Å². The first kappa shape index (κ1) is 19.4. The molecule has 0 aliphatic heterocycles. The lowest BCUT2D eigenvalue weighted by molar-refractivity contribution is -0.139. The Hall–Kier alpha value is -2.88. The summed E-state index contributed by atoms with van der Waals surface area (Å²) in [5, 5.41) is 18.9. The average molecular weight is 352 g/mol. The largest absolute Gasteiger partial charge is 0.481 e. The molecule has 0 aliphatic rings. The molecule has 0 saturated carbocycles. The molecule has 136 valence electrons. The summed E-state index contributed by atoms with van der Waals surface area (Å²) >= 11 is 0. The summed E-state index contributed by atoms with van der Waals surface area (Å²) in [6.45, 7) is 3.91. The molecule has 0 saturated heterocycles. The van der Waals surface area contributed by atoms with E-state index >= 15 is 0 Å². The van der Waals surface area contributed by atoms with Gasteiger partial charge < -0.3 is 10.2 Å². The molecule has 2 atom stereocenters. The molecular formula is C22H24O4. The van der Waals surface area contributed by atoms with Crippen LogP contribution in [0.1, 0.15) is 46.9 Å². The first-order valence-corrected chi connectivity index (χ1v) is 8.62. The van der Waals surface area contributed by atoms with Gasteiger partial charge in [0.2, 0.25) is 0 Å². The molecule has 26 heavy (non-hydrogen) atoms. The summed E-state index contributed by atoms with van der Waals surface area (Å²) in [6, 6.07) is 14.9. The van der Waals surface area contributed by atoms with E-state index in [1.165, 1.54) is 0 Å². The van der Waals surface area contributed by atoms with Gasteiger partial charge in [-0.25, -0.2) is 0 Å². The van der Waals surface area contributed by atoms with Crippen molar-refractivity contribution in [3.05, 3.63) is 82.9 Å². The molecule has 0 aliphatic carbocycles. The molecule has 2 N–H and O–H groups in total. The number of carboxylic acids is 2. The second-order valence-corrected chi connectivity index (χ2v) is 6.55. The average Bonchev–Trinajstić information content (AvgIpc) is 2.60. The molecule has 0 bridgehead atoms. The van der Waals surface area contributed by atoms with Crippen LogP contribution in [0.15, 0.2) is 60.7 Å². The number of carboxylic acid groups (broad SMARTS) is 2. The van der Waals surface area contributed by atoms with Crippen LogP contribution >= 0.6 is 0 Å². The molecule has 0 aromatic heterocycles. The highest BCUT2D eigenvalue weighted by molar-refractivity contribution is 5.77. The van der Waals surface area contributed by atoms with E-state index in [2.05, 4.69) is 0 Å². The van der Waals surface area contributed by atoms with Gasteiger partial charge in [-0.1, -0.05) is 71.8 Å². The molecule has 0 radical (unpaired) electrons. The van der Waals surface area contributed by atoms with Gasteiger partial charge in [0.05, 0.1) is 11.8 Å². The minimum atomic E-state index is -0.883. The summed E-state index contributed by atoms with van der Waals surface area (Å²) < 4.78 is 0. The molecule has 4 nitrogen and oxygen atoms in total. The fourth-order valence-corrected chi connectivity index (χ4v) is 2.82. The Morgan fingerprint density at radius 3 is 1.31 bits per heavy atom. The monoisotopic (exact) mass is 352 g/mol. The molecule has 0 spiro atoms. The van der Waals surface area contributed by atoms with Crippen molar-refractivity contribution >= 4 is 11.9 Å². The van der Waals surface area contributed by atoms with Crippen molar-refractivity contribution in [2.75, 3.05) is 0 Å². The molecule has 0 fully saturated rings. The predicted octanol–water partition coefficient (Wildman–Crippen LogP) is 4.68.